The number of hydrogen-bond acceptors (Lipinski definition) is 7. The lowest BCUT2D eigenvalue weighted by Crippen LogP contribution is -2.50. The molecular formula is C23H27N5O3. The molecule has 3 heterocycles. The predicted octanol–water partition coefficient (Wildman–Crippen LogP) is 2.79. The van der Waals surface area contributed by atoms with Crippen LogP contribution in [-0.2, 0) is 4.79 Å². The van der Waals surface area contributed by atoms with Gasteiger partial charge >= 0.3 is 0 Å². The van der Waals surface area contributed by atoms with Crippen LogP contribution in [0.3, 0.4) is 0 Å². The highest BCUT2D eigenvalue weighted by Gasteiger charge is 2.23. The Hall–Kier alpha value is -3.42. The summed E-state index contributed by atoms with van der Waals surface area (Å²) in [6.45, 7) is 7.42. The van der Waals surface area contributed by atoms with Crippen LogP contribution in [0.5, 0.6) is 11.6 Å². The van der Waals surface area contributed by atoms with E-state index in [1.807, 2.05) is 41.3 Å². The molecule has 0 radical (unpaired) electrons. The summed E-state index contributed by atoms with van der Waals surface area (Å²) >= 11 is 0. The maximum Gasteiger partial charge on any atom is 0.260 e. The van der Waals surface area contributed by atoms with Crippen molar-refractivity contribution in [3.05, 3.63) is 48.9 Å². The van der Waals surface area contributed by atoms with E-state index in [1.54, 1.807) is 6.20 Å². The highest BCUT2D eigenvalue weighted by atomic mass is 16.5. The summed E-state index contributed by atoms with van der Waals surface area (Å²) in [4.78, 5) is 29.5. The number of ether oxygens (including phenoxy) is 2. The summed E-state index contributed by atoms with van der Waals surface area (Å²) in [5.74, 6) is 2.42. The first kappa shape index (κ1) is 20.8. The third kappa shape index (κ3) is 5.20. The van der Waals surface area contributed by atoms with Gasteiger partial charge in [-0.15, -0.1) is 0 Å². The zero-order valence-corrected chi connectivity index (χ0v) is 17.9. The van der Waals surface area contributed by atoms with E-state index in [1.165, 1.54) is 6.33 Å². The Labute approximate surface area is 181 Å². The monoisotopic (exact) mass is 421 g/mol. The van der Waals surface area contributed by atoms with Gasteiger partial charge in [-0.05, 0) is 18.1 Å². The van der Waals surface area contributed by atoms with Crippen molar-refractivity contribution in [2.24, 2.45) is 5.92 Å². The maximum atomic E-state index is 12.7. The zero-order chi connectivity index (χ0) is 21.6. The third-order valence-electron chi connectivity index (χ3n) is 5.10. The van der Waals surface area contributed by atoms with Crippen molar-refractivity contribution in [1.82, 2.24) is 19.9 Å². The van der Waals surface area contributed by atoms with Gasteiger partial charge in [-0.1, -0.05) is 32.0 Å². The molecule has 1 fully saturated rings. The predicted molar refractivity (Wildman–Crippen MR) is 118 cm³/mol. The second kappa shape index (κ2) is 9.59. The van der Waals surface area contributed by atoms with E-state index >= 15 is 0 Å². The molecule has 1 aromatic carbocycles. The van der Waals surface area contributed by atoms with E-state index in [9.17, 15) is 4.79 Å². The van der Waals surface area contributed by atoms with Crippen molar-refractivity contribution < 1.29 is 14.3 Å². The minimum absolute atomic E-state index is 0.00359. The molecule has 162 valence electrons. The largest absolute Gasteiger partial charge is 0.481 e. The molecule has 2 aromatic heterocycles. The molecule has 3 aromatic rings. The Kier molecular flexibility index (Phi) is 6.45. The highest BCUT2D eigenvalue weighted by molar-refractivity contribution is 5.85. The molecule has 0 aliphatic carbocycles. The van der Waals surface area contributed by atoms with Gasteiger partial charge in [-0.2, -0.15) is 0 Å². The summed E-state index contributed by atoms with van der Waals surface area (Å²) in [6.07, 6.45) is 3.25. The molecule has 1 saturated heterocycles. The summed E-state index contributed by atoms with van der Waals surface area (Å²) in [5, 5.41) is 0.989. The molecule has 8 nitrogen and oxygen atoms in total. The van der Waals surface area contributed by atoms with E-state index in [0.29, 0.717) is 50.3 Å². The maximum absolute atomic E-state index is 12.7. The fourth-order valence-electron chi connectivity index (χ4n) is 3.44. The summed E-state index contributed by atoms with van der Waals surface area (Å²) in [7, 11) is 0. The van der Waals surface area contributed by atoms with Gasteiger partial charge in [0, 0.05) is 43.8 Å². The second-order valence-electron chi connectivity index (χ2n) is 7.91. The van der Waals surface area contributed by atoms with Gasteiger partial charge < -0.3 is 19.3 Å². The molecule has 31 heavy (non-hydrogen) atoms. The number of para-hydroxylation sites is 1. The lowest BCUT2D eigenvalue weighted by Gasteiger charge is -2.35. The van der Waals surface area contributed by atoms with Gasteiger partial charge in [-0.3, -0.25) is 9.78 Å². The number of nitrogens with zero attached hydrogens (tertiary/aromatic N) is 5. The summed E-state index contributed by atoms with van der Waals surface area (Å²) < 4.78 is 11.5. The number of rotatable bonds is 7. The molecule has 1 amide bonds. The topological polar surface area (TPSA) is 80.7 Å². The number of amides is 1. The average molecular weight is 422 g/mol. The number of pyridine rings is 1. The van der Waals surface area contributed by atoms with E-state index in [2.05, 4.69) is 33.7 Å². The number of anilines is 1. The molecule has 0 N–H and O–H groups in total. The molecule has 0 saturated carbocycles. The normalized spacial score (nSPS) is 14.2. The van der Waals surface area contributed by atoms with Crippen LogP contribution in [0, 0.1) is 5.92 Å². The minimum atomic E-state index is -0.0313. The highest BCUT2D eigenvalue weighted by Crippen LogP contribution is 2.23. The van der Waals surface area contributed by atoms with E-state index < -0.39 is 0 Å². The Morgan fingerprint density at radius 2 is 1.84 bits per heavy atom. The van der Waals surface area contributed by atoms with Crippen molar-refractivity contribution in [2.45, 2.75) is 13.8 Å². The number of aromatic nitrogens is 3. The molecule has 0 spiro atoms. The smallest absolute Gasteiger partial charge is 0.260 e. The molecule has 0 unspecified atom stereocenters. The number of carbonyl (C=O) groups excluding carboxylic acids is 1. The fraction of sp³-hybridized carbons (Fsp3) is 0.391. The van der Waals surface area contributed by atoms with Gasteiger partial charge in [0.25, 0.3) is 5.91 Å². The summed E-state index contributed by atoms with van der Waals surface area (Å²) in [6, 6.07) is 11.4. The van der Waals surface area contributed by atoms with Gasteiger partial charge in [0.05, 0.1) is 6.61 Å². The third-order valence-corrected chi connectivity index (χ3v) is 5.10. The first-order valence-electron chi connectivity index (χ1n) is 10.5. The number of hydrogen-bond donors (Lipinski definition) is 0. The number of carbonyl (C=O) groups is 1. The minimum Gasteiger partial charge on any atom is -0.481 e. The number of fused-ring (bicyclic) bond motifs is 1. The van der Waals surface area contributed by atoms with Gasteiger partial charge in [0.2, 0.25) is 5.88 Å². The number of benzene rings is 1. The lowest BCUT2D eigenvalue weighted by atomic mass is 10.2. The van der Waals surface area contributed by atoms with Crippen LogP contribution in [-0.4, -0.2) is 65.2 Å². The number of piperazine rings is 1. The Balaban J connectivity index is 1.30. The van der Waals surface area contributed by atoms with Crippen LogP contribution >= 0.6 is 0 Å². The SMILES string of the molecule is CC(C)COc1cc(N2CCN(C(=O)COc3cccc4cccnc34)CC2)ncn1. The zero-order valence-electron chi connectivity index (χ0n) is 17.9. The van der Waals surface area contributed by atoms with E-state index in [-0.39, 0.29) is 12.5 Å². The molecule has 0 atom stereocenters. The lowest BCUT2D eigenvalue weighted by molar-refractivity contribution is -0.133. The van der Waals surface area contributed by atoms with Crippen molar-refractivity contribution in [3.8, 4) is 11.6 Å². The fourth-order valence-corrected chi connectivity index (χ4v) is 3.44. The first-order chi connectivity index (χ1) is 15.1. The molecule has 0 bridgehead atoms. The van der Waals surface area contributed by atoms with Crippen LogP contribution in [0.15, 0.2) is 48.9 Å². The van der Waals surface area contributed by atoms with Crippen LogP contribution in [0.2, 0.25) is 0 Å². The van der Waals surface area contributed by atoms with Gasteiger partial charge in [-0.25, -0.2) is 9.97 Å². The molecular weight excluding hydrogens is 394 g/mol. The van der Waals surface area contributed by atoms with Crippen LogP contribution in [0.1, 0.15) is 13.8 Å². The van der Waals surface area contributed by atoms with Crippen molar-refractivity contribution >= 4 is 22.6 Å². The Morgan fingerprint density at radius 1 is 1.03 bits per heavy atom. The average Bonchev–Trinajstić information content (AvgIpc) is 2.81. The Morgan fingerprint density at radius 3 is 2.65 bits per heavy atom. The van der Waals surface area contributed by atoms with Gasteiger partial charge in [0.15, 0.2) is 6.61 Å². The van der Waals surface area contributed by atoms with Crippen LogP contribution < -0.4 is 14.4 Å². The van der Waals surface area contributed by atoms with Crippen molar-refractivity contribution in [3.63, 3.8) is 0 Å². The quantitative estimate of drug-likeness (QED) is 0.580. The first-order valence-corrected chi connectivity index (χ1v) is 10.5. The second-order valence-corrected chi connectivity index (χ2v) is 7.91. The van der Waals surface area contributed by atoms with Gasteiger partial charge in [0.1, 0.15) is 23.4 Å². The molecule has 1 aliphatic heterocycles. The molecule has 1 aliphatic rings. The van der Waals surface area contributed by atoms with Crippen molar-refractivity contribution in [1.29, 1.82) is 0 Å². The molecule has 8 heteroatoms. The van der Waals surface area contributed by atoms with E-state index in [4.69, 9.17) is 9.47 Å². The Bertz CT molecular complexity index is 1030. The van der Waals surface area contributed by atoms with Crippen LogP contribution in [0.25, 0.3) is 10.9 Å². The van der Waals surface area contributed by atoms with E-state index in [0.717, 1.165) is 16.7 Å². The van der Waals surface area contributed by atoms with Crippen LogP contribution in [0.4, 0.5) is 5.82 Å². The molecule has 4 rings (SSSR count). The van der Waals surface area contributed by atoms with Crippen molar-refractivity contribution in [2.75, 3.05) is 44.3 Å². The summed E-state index contributed by atoms with van der Waals surface area (Å²) in [5.41, 5.74) is 0.766. The standard InChI is InChI=1S/C23H27N5O3/c1-17(2)14-31-21-13-20(25-16-26-21)27-9-11-28(12-10-27)22(29)15-30-19-7-3-5-18-6-4-8-24-23(18)19/h3-8,13,16-17H,9-12,14-15H2,1-2H3.